The number of pyridine rings is 1. The van der Waals surface area contributed by atoms with Gasteiger partial charge in [-0.1, -0.05) is 37.6 Å². The molecule has 112 valence electrons. The summed E-state index contributed by atoms with van der Waals surface area (Å²) in [6.45, 7) is 4.91. The highest BCUT2D eigenvalue weighted by molar-refractivity contribution is 5.81. The van der Waals surface area contributed by atoms with Crippen molar-refractivity contribution in [1.29, 1.82) is 0 Å². The number of esters is 1. The second-order valence-corrected chi connectivity index (χ2v) is 4.97. The molecule has 1 aromatic carbocycles. The van der Waals surface area contributed by atoms with E-state index < -0.39 is 0 Å². The molecule has 0 aliphatic rings. The van der Waals surface area contributed by atoms with Crippen LogP contribution >= 0.6 is 0 Å². The Labute approximate surface area is 125 Å². The van der Waals surface area contributed by atoms with E-state index >= 15 is 0 Å². The highest BCUT2D eigenvalue weighted by Crippen LogP contribution is 2.16. The van der Waals surface area contributed by atoms with Crippen LogP contribution in [-0.2, 0) is 16.1 Å². The summed E-state index contributed by atoms with van der Waals surface area (Å²) < 4.78 is 5.12. The van der Waals surface area contributed by atoms with Gasteiger partial charge in [-0.15, -0.1) is 0 Å². The second-order valence-electron chi connectivity index (χ2n) is 4.97. The molecule has 0 radical (unpaired) electrons. The zero-order valence-electron chi connectivity index (χ0n) is 12.6. The van der Waals surface area contributed by atoms with E-state index in [0.717, 1.165) is 29.3 Å². The number of para-hydroxylation sites is 1. The van der Waals surface area contributed by atoms with Crippen LogP contribution < -0.4 is 5.32 Å². The first-order valence-electron chi connectivity index (χ1n) is 7.49. The maximum Gasteiger partial charge on any atom is 0.323 e. The summed E-state index contributed by atoms with van der Waals surface area (Å²) in [6.07, 6.45) is 3.50. The number of carbonyl (C=O) groups excluding carboxylic acids is 1. The van der Waals surface area contributed by atoms with Crippen LogP contribution in [0.2, 0.25) is 0 Å². The quantitative estimate of drug-likeness (QED) is 0.795. The van der Waals surface area contributed by atoms with Gasteiger partial charge in [0.25, 0.3) is 0 Å². The third-order valence-corrected chi connectivity index (χ3v) is 3.40. The topological polar surface area (TPSA) is 51.2 Å². The van der Waals surface area contributed by atoms with Crippen LogP contribution in [0.15, 0.2) is 36.5 Å². The van der Waals surface area contributed by atoms with Crippen molar-refractivity contribution in [3.63, 3.8) is 0 Å². The van der Waals surface area contributed by atoms with E-state index in [4.69, 9.17) is 4.74 Å². The smallest absolute Gasteiger partial charge is 0.323 e. The molecule has 0 aliphatic carbocycles. The van der Waals surface area contributed by atoms with Gasteiger partial charge < -0.3 is 10.1 Å². The standard InChI is InChI=1S/C17H22N2O2/c1-3-7-15(17(20)21-4-2)19-12-14-9-5-8-13-10-6-11-18-16(13)14/h5-6,8-11,15,19H,3-4,7,12H2,1-2H3. The third-order valence-electron chi connectivity index (χ3n) is 3.40. The summed E-state index contributed by atoms with van der Waals surface area (Å²) >= 11 is 0. The first-order valence-corrected chi connectivity index (χ1v) is 7.49. The molecule has 1 aromatic heterocycles. The third kappa shape index (κ3) is 4.02. The van der Waals surface area contributed by atoms with Crippen molar-refractivity contribution in [2.45, 2.75) is 39.3 Å². The number of fused-ring (bicyclic) bond motifs is 1. The Morgan fingerprint density at radius 2 is 2.10 bits per heavy atom. The molecule has 0 aliphatic heterocycles. The Hall–Kier alpha value is -1.94. The van der Waals surface area contributed by atoms with Gasteiger partial charge in [0.1, 0.15) is 6.04 Å². The van der Waals surface area contributed by atoms with Gasteiger partial charge >= 0.3 is 5.97 Å². The van der Waals surface area contributed by atoms with E-state index in [2.05, 4.69) is 17.2 Å². The number of rotatable bonds is 7. The molecule has 1 atom stereocenters. The second kappa shape index (κ2) is 7.74. The monoisotopic (exact) mass is 286 g/mol. The highest BCUT2D eigenvalue weighted by atomic mass is 16.5. The number of benzene rings is 1. The molecule has 1 unspecified atom stereocenters. The Balaban J connectivity index is 2.10. The van der Waals surface area contributed by atoms with E-state index in [-0.39, 0.29) is 12.0 Å². The zero-order chi connectivity index (χ0) is 15.1. The van der Waals surface area contributed by atoms with E-state index in [1.165, 1.54) is 0 Å². The Morgan fingerprint density at radius 1 is 1.29 bits per heavy atom. The molecular formula is C17H22N2O2. The van der Waals surface area contributed by atoms with Crippen LogP contribution in [-0.4, -0.2) is 23.6 Å². The molecule has 0 bridgehead atoms. The minimum absolute atomic E-state index is 0.174. The van der Waals surface area contributed by atoms with Gasteiger partial charge in [-0.2, -0.15) is 0 Å². The average Bonchev–Trinajstić information content (AvgIpc) is 2.51. The van der Waals surface area contributed by atoms with Crippen molar-refractivity contribution in [2.75, 3.05) is 6.61 Å². The fourth-order valence-corrected chi connectivity index (χ4v) is 2.38. The molecule has 0 saturated heterocycles. The van der Waals surface area contributed by atoms with Crippen molar-refractivity contribution < 1.29 is 9.53 Å². The molecular weight excluding hydrogens is 264 g/mol. The highest BCUT2D eigenvalue weighted by Gasteiger charge is 2.18. The predicted molar refractivity (Wildman–Crippen MR) is 83.9 cm³/mol. The molecule has 4 nitrogen and oxygen atoms in total. The lowest BCUT2D eigenvalue weighted by atomic mass is 10.1. The Kier molecular flexibility index (Phi) is 5.69. The number of nitrogens with zero attached hydrogens (tertiary/aromatic N) is 1. The number of carbonyl (C=O) groups is 1. The molecule has 1 N–H and O–H groups in total. The number of aromatic nitrogens is 1. The molecule has 0 spiro atoms. The number of nitrogens with one attached hydrogen (secondary N) is 1. The largest absolute Gasteiger partial charge is 0.465 e. The fraction of sp³-hybridized carbons (Fsp3) is 0.412. The minimum Gasteiger partial charge on any atom is -0.465 e. The predicted octanol–water partition coefficient (Wildman–Crippen LogP) is 3.06. The van der Waals surface area contributed by atoms with Gasteiger partial charge in [0, 0.05) is 18.1 Å². The van der Waals surface area contributed by atoms with E-state index in [1.807, 2.05) is 37.3 Å². The summed E-state index contributed by atoms with van der Waals surface area (Å²) in [4.78, 5) is 16.3. The van der Waals surface area contributed by atoms with Crippen molar-refractivity contribution in [2.24, 2.45) is 0 Å². The molecule has 2 rings (SSSR count). The summed E-state index contributed by atoms with van der Waals surface area (Å²) in [7, 11) is 0. The lowest BCUT2D eigenvalue weighted by molar-refractivity contribution is -0.145. The first kappa shape index (κ1) is 15.4. The normalized spacial score (nSPS) is 12.3. The van der Waals surface area contributed by atoms with Crippen LogP contribution in [0.1, 0.15) is 32.3 Å². The van der Waals surface area contributed by atoms with Crippen molar-refractivity contribution in [1.82, 2.24) is 10.3 Å². The Morgan fingerprint density at radius 3 is 2.86 bits per heavy atom. The van der Waals surface area contributed by atoms with Crippen LogP contribution in [0, 0.1) is 0 Å². The number of ether oxygens (including phenoxy) is 1. The molecule has 0 saturated carbocycles. The zero-order valence-corrected chi connectivity index (χ0v) is 12.6. The molecule has 4 heteroatoms. The van der Waals surface area contributed by atoms with Gasteiger partial charge in [-0.3, -0.25) is 9.78 Å². The first-order chi connectivity index (χ1) is 10.3. The molecule has 0 amide bonds. The van der Waals surface area contributed by atoms with Crippen LogP contribution in [0.5, 0.6) is 0 Å². The summed E-state index contributed by atoms with van der Waals surface area (Å²) in [5.74, 6) is -0.174. The summed E-state index contributed by atoms with van der Waals surface area (Å²) in [5, 5.41) is 4.41. The van der Waals surface area contributed by atoms with Gasteiger partial charge in [-0.25, -0.2) is 0 Å². The van der Waals surface area contributed by atoms with Crippen molar-refractivity contribution >= 4 is 16.9 Å². The minimum atomic E-state index is -0.256. The van der Waals surface area contributed by atoms with E-state index in [0.29, 0.717) is 13.2 Å². The van der Waals surface area contributed by atoms with Crippen LogP contribution in [0.3, 0.4) is 0 Å². The van der Waals surface area contributed by atoms with E-state index in [9.17, 15) is 4.79 Å². The van der Waals surface area contributed by atoms with Gasteiger partial charge in [-0.05, 0) is 25.0 Å². The van der Waals surface area contributed by atoms with Gasteiger partial charge in [0.15, 0.2) is 0 Å². The van der Waals surface area contributed by atoms with Crippen LogP contribution in [0.4, 0.5) is 0 Å². The van der Waals surface area contributed by atoms with E-state index in [1.54, 1.807) is 6.20 Å². The van der Waals surface area contributed by atoms with Gasteiger partial charge in [0.05, 0.1) is 12.1 Å². The maximum atomic E-state index is 11.9. The molecule has 1 heterocycles. The summed E-state index contributed by atoms with van der Waals surface area (Å²) in [5.41, 5.74) is 2.07. The van der Waals surface area contributed by atoms with Gasteiger partial charge in [0.2, 0.25) is 0 Å². The maximum absolute atomic E-state index is 11.9. The Bertz CT molecular complexity index is 593. The lowest BCUT2D eigenvalue weighted by Gasteiger charge is -2.17. The van der Waals surface area contributed by atoms with Crippen molar-refractivity contribution in [3.8, 4) is 0 Å². The van der Waals surface area contributed by atoms with Crippen molar-refractivity contribution in [3.05, 3.63) is 42.1 Å². The molecule has 2 aromatic rings. The lowest BCUT2D eigenvalue weighted by Crippen LogP contribution is -2.37. The summed E-state index contributed by atoms with van der Waals surface area (Å²) in [6, 6.07) is 9.81. The molecule has 21 heavy (non-hydrogen) atoms. The SMILES string of the molecule is CCCC(NCc1cccc2cccnc12)C(=O)OCC. The molecule has 0 fully saturated rings. The average molecular weight is 286 g/mol. The number of hydrogen-bond acceptors (Lipinski definition) is 4. The van der Waals surface area contributed by atoms with Crippen LogP contribution in [0.25, 0.3) is 10.9 Å². The fourth-order valence-electron chi connectivity index (χ4n) is 2.38. The number of hydrogen-bond donors (Lipinski definition) is 1.